The molecule has 5 nitrogen and oxygen atoms in total. The van der Waals surface area contributed by atoms with Crippen molar-refractivity contribution >= 4 is 29.4 Å². The molecule has 2 amide bonds. The fourth-order valence-corrected chi connectivity index (χ4v) is 3.45. The minimum atomic E-state index is -1.00. The quantitative estimate of drug-likeness (QED) is 0.799. The van der Waals surface area contributed by atoms with Crippen LogP contribution in [0.4, 0.5) is 10.5 Å². The molecular weight excluding hydrogens is 288 g/mol. The molecule has 1 aromatic carbocycles. The first-order valence-corrected chi connectivity index (χ1v) is 8.18. The van der Waals surface area contributed by atoms with E-state index in [0.717, 1.165) is 29.9 Å². The van der Waals surface area contributed by atoms with E-state index in [0.29, 0.717) is 18.2 Å². The van der Waals surface area contributed by atoms with Crippen molar-refractivity contribution in [1.82, 2.24) is 5.32 Å². The SMILES string of the molecule is Cc1ccc(C(=O)O)cc1NC(=O)NCC1CCSCC1. The van der Waals surface area contributed by atoms with Crippen molar-refractivity contribution in [2.24, 2.45) is 5.92 Å². The van der Waals surface area contributed by atoms with Gasteiger partial charge in [-0.25, -0.2) is 9.59 Å². The monoisotopic (exact) mass is 308 g/mol. The van der Waals surface area contributed by atoms with Crippen molar-refractivity contribution in [3.05, 3.63) is 29.3 Å². The molecule has 2 rings (SSSR count). The van der Waals surface area contributed by atoms with E-state index in [4.69, 9.17) is 5.11 Å². The number of carboxylic acids is 1. The minimum absolute atomic E-state index is 0.167. The molecule has 0 atom stereocenters. The summed E-state index contributed by atoms with van der Waals surface area (Å²) in [5.41, 5.74) is 1.54. The van der Waals surface area contributed by atoms with E-state index in [-0.39, 0.29) is 11.6 Å². The van der Waals surface area contributed by atoms with Crippen molar-refractivity contribution < 1.29 is 14.7 Å². The van der Waals surface area contributed by atoms with Crippen molar-refractivity contribution in [2.45, 2.75) is 19.8 Å². The fraction of sp³-hybridized carbons (Fsp3) is 0.467. The van der Waals surface area contributed by atoms with E-state index in [2.05, 4.69) is 10.6 Å². The number of rotatable bonds is 4. The van der Waals surface area contributed by atoms with Crippen LogP contribution >= 0.6 is 11.8 Å². The number of aromatic carboxylic acids is 1. The number of urea groups is 1. The zero-order valence-electron chi connectivity index (χ0n) is 12.0. The van der Waals surface area contributed by atoms with Gasteiger partial charge >= 0.3 is 12.0 Å². The summed E-state index contributed by atoms with van der Waals surface area (Å²) >= 11 is 1.96. The third-order valence-corrected chi connectivity index (χ3v) is 4.67. The van der Waals surface area contributed by atoms with Gasteiger partial charge < -0.3 is 15.7 Å². The number of anilines is 1. The van der Waals surface area contributed by atoms with Gasteiger partial charge in [0.25, 0.3) is 0 Å². The number of benzene rings is 1. The zero-order valence-corrected chi connectivity index (χ0v) is 12.8. The second-order valence-corrected chi connectivity index (χ2v) is 6.45. The van der Waals surface area contributed by atoms with Crippen molar-refractivity contribution in [3.8, 4) is 0 Å². The summed E-state index contributed by atoms with van der Waals surface area (Å²) in [6, 6.07) is 4.42. The highest BCUT2D eigenvalue weighted by atomic mass is 32.2. The van der Waals surface area contributed by atoms with Gasteiger partial charge in [0.2, 0.25) is 0 Å². The summed E-state index contributed by atoms with van der Waals surface area (Å²) < 4.78 is 0. The van der Waals surface area contributed by atoms with Gasteiger partial charge in [-0.15, -0.1) is 0 Å². The van der Waals surface area contributed by atoms with Crippen LogP contribution < -0.4 is 10.6 Å². The Kier molecular flexibility index (Phi) is 5.50. The molecule has 1 aliphatic heterocycles. The molecule has 1 fully saturated rings. The number of carbonyl (C=O) groups is 2. The lowest BCUT2D eigenvalue weighted by molar-refractivity contribution is 0.0697. The van der Waals surface area contributed by atoms with Gasteiger partial charge in [-0.3, -0.25) is 0 Å². The maximum Gasteiger partial charge on any atom is 0.335 e. The van der Waals surface area contributed by atoms with E-state index >= 15 is 0 Å². The molecule has 0 aromatic heterocycles. The van der Waals surface area contributed by atoms with Gasteiger partial charge in [-0.2, -0.15) is 11.8 Å². The molecule has 1 aliphatic rings. The Labute approximate surface area is 128 Å². The first kappa shape index (κ1) is 15.7. The van der Waals surface area contributed by atoms with Gasteiger partial charge in [0.1, 0.15) is 0 Å². The van der Waals surface area contributed by atoms with E-state index in [1.807, 2.05) is 18.7 Å². The number of carbonyl (C=O) groups excluding carboxylic acids is 1. The minimum Gasteiger partial charge on any atom is -0.478 e. The third-order valence-electron chi connectivity index (χ3n) is 3.62. The molecule has 0 bridgehead atoms. The number of carboxylic acid groups (broad SMARTS) is 1. The second kappa shape index (κ2) is 7.36. The molecule has 0 unspecified atom stereocenters. The Morgan fingerprint density at radius 1 is 1.33 bits per heavy atom. The van der Waals surface area contributed by atoms with Gasteiger partial charge in [0, 0.05) is 12.2 Å². The van der Waals surface area contributed by atoms with E-state index in [1.165, 1.54) is 12.1 Å². The average molecular weight is 308 g/mol. The smallest absolute Gasteiger partial charge is 0.335 e. The predicted octanol–water partition coefficient (Wildman–Crippen LogP) is 2.96. The van der Waals surface area contributed by atoms with Crippen LogP contribution in [-0.4, -0.2) is 35.2 Å². The molecule has 114 valence electrons. The summed E-state index contributed by atoms with van der Waals surface area (Å²) in [4.78, 5) is 22.9. The normalized spacial score (nSPS) is 15.5. The highest BCUT2D eigenvalue weighted by Crippen LogP contribution is 2.22. The molecule has 1 heterocycles. The maximum atomic E-state index is 11.9. The number of hydrogen-bond acceptors (Lipinski definition) is 3. The fourth-order valence-electron chi connectivity index (χ4n) is 2.24. The summed E-state index contributed by atoms with van der Waals surface area (Å²) in [6.07, 6.45) is 2.27. The highest BCUT2D eigenvalue weighted by molar-refractivity contribution is 7.99. The van der Waals surface area contributed by atoms with Gasteiger partial charge in [-0.05, 0) is 54.9 Å². The van der Waals surface area contributed by atoms with Crippen LogP contribution in [-0.2, 0) is 0 Å². The topological polar surface area (TPSA) is 78.4 Å². The summed E-state index contributed by atoms with van der Waals surface area (Å²) in [5, 5.41) is 14.6. The summed E-state index contributed by atoms with van der Waals surface area (Å²) in [6.45, 7) is 2.50. The van der Waals surface area contributed by atoms with E-state index in [9.17, 15) is 9.59 Å². The molecule has 1 aromatic rings. The molecule has 0 saturated carbocycles. The number of amides is 2. The van der Waals surface area contributed by atoms with Gasteiger partial charge in [-0.1, -0.05) is 6.07 Å². The molecule has 0 radical (unpaired) electrons. The third kappa shape index (κ3) is 4.67. The Bertz CT molecular complexity index is 528. The number of aryl methyl sites for hydroxylation is 1. The van der Waals surface area contributed by atoms with Crippen LogP contribution in [0, 0.1) is 12.8 Å². The Hall–Kier alpha value is -1.69. The second-order valence-electron chi connectivity index (χ2n) is 5.23. The molecule has 21 heavy (non-hydrogen) atoms. The lowest BCUT2D eigenvalue weighted by Gasteiger charge is -2.21. The zero-order chi connectivity index (χ0) is 15.2. The Balaban J connectivity index is 1.89. The molecule has 1 saturated heterocycles. The average Bonchev–Trinajstić information content (AvgIpc) is 2.48. The van der Waals surface area contributed by atoms with Crippen LogP contribution in [0.2, 0.25) is 0 Å². The van der Waals surface area contributed by atoms with Gasteiger partial charge in [0.15, 0.2) is 0 Å². The first-order chi connectivity index (χ1) is 10.1. The number of hydrogen-bond donors (Lipinski definition) is 3. The lowest BCUT2D eigenvalue weighted by atomic mass is 10.0. The van der Waals surface area contributed by atoms with Crippen LogP contribution in [0.1, 0.15) is 28.8 Å². The van der Waals surface area contributed by atoms with Crippen LogP contribution in [0.5, 0.6) is 0 Å². The number of thioether (sulfide) groups is 1. The summed E-state index contributed by atoms with van der Waals surface area (Å²) in [7, 11) is 0. The predicted molar refractivity (Wildman–Crippen MR) is 85.2 cm³/mol. The van der Waals surface area contributed by atoms with E-state index in [1.54, 1.807) is 6.07 Å². The largest absolute Gasteiger partial charge is 0.478 e. The van der Waals surface area contributed by atoms with E-state index < -0.39 is 5.97 Å². The van der Waals surface area contributed by atoms with Crippen LogP contribution in [0.3, 0.4) is 0 Å². The van der Waals surface area contributed by atoms with Crippen molar-refractivity contribution in [1.29, 1.82) is 0 Å². The van der Waals surface area contributed by atoms with Crippen LogP contribution in [0.15, 0.2) is 18.2 Å². The van der Waals surface area contributed by atoms with Gasteiger partial charge in [0.05, 0.1) is 5.56 Å². The number of nitrogens with one attached hydrogen (secondary N) is 2. The summed E-state index contributed by atoms with van der Waals surface area (Å²) in [5.74, 6) is 1.86. The molecular formula is C15H20N2O3S. The lowest BCUT2D eigenvalue weighted by Crippen LogP contribution is -2.34. The van der Waals surface area contributed by atoms with Crippen LogP contribution in [0.25, 0.3) is 0 Å². The molecule has 0 spiro atoms. The van der Waals surface area contributed by atoms with Crippen molar-refractivity contribution in [3.63, 3.8) is 0 Å². The molecule has 6 heteroatoms. The van der Waals surface area contributed by atoms with Crippen molar-refractivity contribution in [2.75, 3.05) is 23.4 Å². The Morgan fingerprint density at radius 3 is 2.71 bits per heavy atom. The maximum absolute atomic E-state index is 11.9. The standard InChI is InChI=1S/C15H20N2O3S/c1-10-2-3-12(14(18)19)8-13(10)17-15(20)16-9-11-4-6-21-7-5-11/h2-3,8,11H,4-7,9H2,1H3,(H,18,19)(H2,16,17,20). The first-order valence-electron chi connectivity index (χ1n) is 7.03. The highest BCUT2D eigenvalue weighted by Gasteiger charge is 2.15. The molecule has 0 aliphatic carbocycles. The Morgan fingerprint density at radius 2 is 2.05 bits per heavy atom. The molecule has 3 N–H and O–H groups in total.